The fourth-order valence-corrected chi connectivity index (χ4v) is 23.7. The minimum Gasteiger partial charge on any atom is -0.492 e. The van der Waals surface area contributed by atoms with Crippen molar-refractivity contribution in [1.82, 2.24) is 59.1 Å². The van der Waals surface area contributed by atoms with E-state index in [4.69, 9.17) is 18.9 Å². The summed E-state index contributed by atoms with van der Waals surface area (Å²) in [5.41, 5.74) is 8.18. The second kappa shape index (κ2) is 43.9. The highest BCUT2D eigenvalue weighted by molar-refractivity contribution is 5.88. The molecular formula is C119H152F10N12O5. The van der Waals surface area contributed by atoms with E-state index in [1.54, 1.807) is 13.8 Å². The van der Waals surface area contributed by atoms with Crippen molar-refractivity contribution in [2.45, 2.75) is 246 Å². The number of nitrogens with one attached hydrogen (secondary N) is 4. The van der Waals surface area contributed by atoms with Gasteiger partial charge in [0, 0.05) is 259 Å². The summed E-state index contributed by atoms with van der Waals surface area (Å²) in [7, 11) is 0. The van der Waals surface area contributed by atoms with Crippen LogP contribution in [0.2, 0.25) is 0 Å². The number of H-pyrrole nitrogens is 4. The van der Waals surface area contributed by atoms with Crippen LogP contribution in [0.1, 0.15) is 240 Å². The first-order valence-corrected chi connectivity index (χ1v) is 53.1. The van der Waals surface area contributed by atoms with Crippen LogP contribution in [0.4, 0.5) is 43.9 Å². The summed E-state index contributed by atoms with van der Waals surface area (Å²) in [6, 6.07) is 44.3. The zero-order valence-corrected chi connectivity index (χ0v) is 88.7. The van der Waals surface area contributed by atoms with Crippen LogP contribution in [0.15, 0.2) is 152 Å². The largest absolute Gasteiger partial charge is 0.492 e. The molecule has 0 radical (unpaired) electrons. The lowest BCUT2D eigenvalue weighted by atomic mass is 9.80. The molecule has 4 fully saturated rings. The number of fused-ring (bicyclic) bond motifs is 12. The molecule has 0 amide bonds. The first kappa shape index (κ1) is 107. The Kier molecular flexibility index (Phi) is 32.3. The second-order valence-electron chi connectivity index (χ2n) is 46.7. The van der Waals surface area contributed by atoms with Crippen LogP contribution < -0.4 is 18.9 Å². The molecule has 0 saturated carbocycles. The Morgan fingerprint density at radius 3 is 1.08 bits per heavy atom. The SMILES string of the molecule is CCC1CN(CCOc2cc(F)c([C@@H]3c4[nH]c5ccccc5c4CC(C)(C)N3CC(C)(C)F)c(F)c2)C1.CCC1CN(CCOc2cc(F)c([C@H]3c4[nH]c5ccccc5c4CC(C)(C)N3CC(C)(C)F)c(F)c2)C1.CCCCN1CC(Oc2ccc([C@@H]3c4[nH]c5ccccc5c4C[C@@H](C)N3CC(C)(C)F)c(C)c2)C1.C[C@@H]1Cc2c([nH]c3ccccc23)[C@@H](c2c(F)cc(OCCN3CC(CF)C3)cc2F)N1CC(C)(C)CO. The predicted molar refractivity (Wildman–Crippen MR) is 565 cm³/mol. The third-order valence-electron chi connectivity index (χ3n) is 31.4. The number of ether oxygens (including phenoxy) is 4. The van der Waals surface area contributed by atoms with E-state index >= 15 is 39.5 Å². The Morgan fingerprint density at radius 1 is 0.397 bits per heavy atom. The van der Waals surface area contributed by atoms with E-state index in [2.05, 4.69) is 133 Å². The third kappa shape index (κ3) is 23.8. The summed E-state index contributed by atoms with van der Waals surface area (Å²) >= 11 is 0. The van der Waals surface area contributed by atoms with Gasteiger partial charge in [-0.3, -0.25) is 43.6 Å². The number of aryl methyl sites for hydroxylation is 1. The summed E-state index contributed by atoms with van der Waals surface area (Å²) in [5, 5.41) is 14.4. The monoisotopic (exact) mass is 2020 g/mol. The van der Waals surface area contributed by atoms with Gasteiger partial charge in [-0.2, -0.15) is 0 Å². The Balaban J connectivity index is 0.000000133. The molecule has 20 rings (SSSR count). The van der Waals surface area contributed by atoms with Gasteiger partial charge in [-0.05, 0) is 210 Å². The van der Waals surface area contributed by atoms with E-state index in [-0.39, 0.29) is 97.1 Å². The van der Waals surface area contributed by atoms with Crippen molar-refractivity contribution < 1.29 is 68.0 Å². The zero-order chi connectivity index (χ0) is 104. The number of para-hydroxylation sites is 4. The van der Waals surface area contributed by atoms with Crippen LogP contribution in [-0.4, -0.2) is 248 Å². The van der Waals surface area contributed by atoms with Crippen molar-refractivity contribution in [3.63, 3.8) is 0 Å². The number of likely N-dealkylation sites (tertiary alicyclic amines) is 4. The molecule has 12 heterocycles. The molecule has 8 aliphatic heterocycles. The van der Waals surface area contributed by atoms with E-state index < -0.39 is 86.5 Å². The number of benzene rings is 8. The highest BCUT2D eigenvalue weighted by atomic mass is 19.2. The highest BCUT2D eigenvalue weighted by Gasteiger charge is 2.51. The van der Waals surface area contributed by atoms with Crippen molar-refractivity contribution in [3.05, 3.63) is 259 Å². The number of aromatic nitrogens is 4. The first-order chi connectivity index (χ1) is 69.4. The molecule has 5 N–H and O–H groups in total. The molecule has 8 aromatic carbocycles. The van der Waals surface area contributed by atoms with Gasteiger partial charge in [0.2, 0.25) is 0 Å². The third-order valence-corrected chi connectivity index (χ3v) is 31.4. The number of aliphatic hydroxyl groups is 1. The van der Waals surface area contributed by atoms with Gasteiger partial charge in [-0.1, -0.05) is 133 Å². The molecule has 27 heteroatoms. The molecule has 12 aromatic rings. The lowest BCUT2D eigenvalue weighted by Gasteiger charge is -2.49. The summed E-state index contributed by atoms with van der Waals surface area (Å²) in [6.45, 7) is 46.9. The van der Waals surface area contributed by atoms with Gasteiger partial charge < -0.3 is 44.0 Å². The maximum atomic E-state index is 15.8. The van der Waals surface area contributed by atoms with E-state index in [0.29, 0.717) is 58.8 Å². The summed E-state index contributed by atoms with van der Waals surface area (Å²) in [4.78, 5) is 31.4. The van der Waals surface area contributed by atoms with Gasteiger partial charge in [0.15, 0.2) is 0 Å². The smallest absolute Gasteiger partial charge is 0.135 e. The van der Waals surface area contributed by atoms with E-state index in [1.807, 2.05) is 124 Å². The Hall–Kier alpha value is -9.94. The second-order valence-corrected chi connectivity index (χ2v) is 46.7. The molecule has 788 valence electrons. The number of hydrogen-bond acceptors (Lipinski definition) is 13. The van der Waals surface area contributed by atoms with Crippen molar-refractivity contribution in [3.8, 4) is 23.0 Å². The predicted octanol–water partition coefficient (Wildman–Crippen LogP) is 24.8. The van der Waals surface area contributed by atoms with Crippen molar-refractivity contribution in [2.75, 3.05) is 138 Å². The molecule has 0 unspecified atom stereocenters. The molecule has 0 bridgehead atoms. The molecule has 146 heavy (non-hydrogen) atoms. The van der Waals surface area contributed by atoms with Crippen LogP contribution in [-0.2, 0) is 25.7 Å². The molecule has 17 nitrogen and oxygen atoms in total. The number of nitrogens with zero attached hydrogens (tertiary/aromatic N) is 8. The van der Waals surface area contributed by atoms with Crippen molar-refractivity contribution >= 4 is 43.6 Å². The fraction of sp³-hybridized carbons (Fsp3) is 0.529. The Labute approximate surface area is 855 Å². The lowest BCUT2D eigenvalue weighted by Crippen LogP contribution is -2.55. The van der Waals surface area contributed by atoms with Crippen molar-refractivity contribution in [2.24, 2.45) is 23.2 Å². The number of alkyl halides is 4. The lowest BCUT2D eigenvalue weighted by molar-refractivity contribution is 0.0150. The number of hydrogen-bond donors (Lipinski definition) is 5. The topological polar surface area (TPSA) is 146 Å². The number of aromatic amines is 4. The molecule has 4 aromatic heterocycles. The summed E-state index contributed by atoms with van der Waals surface area (Å²) in [5.74, 6) is -1.06. The van der Waals surface area contributed by atoms with Crippen LogP contribution in [0.5, 0.6) is 23.0 Å². The Morgan fingerprint density at radius 2 is 0.733 bits per heavy atom. The first-order valence-electron chi connectivity index (χ1n) is 53.1. The van der Waals surface area contributed by atoms with E-state index in [9.17, 15) is 9.50 Å². The van der Waals surface area contributed by atoms with Crippen molar-refractivity contribution in [1.29, 1.82) is 0 Å². The Bertz CT molecular complexity index is 6260. The normalized spacial score (nSPS) is 21.1. The average molecular weight is 2020 g/mol. The van der Waals surface area contributed by atoms with Crippen LogP contribution in [0.25, 0.3) is 43.6 Å². The maximum absolute atomic E-state index is 15.8. The standard InChI is InChI=1S/2C30H38F3N3O.C30H40FN3O.C29H36F3N3O2/c2*1-6-19-16-35(17-19)11-12-37-20-13-23(31)26(24(32)14-20)28-27-22(21-9-7-8-10-25(21)34-27)15-30(4,5)36(28)18-29(2,3)33;1-6-7-14-33-17-23(18-33)35-22-12-13-24(20(2)15-22)29-28-26(25-10-8-9-11-27(25)32-28)16-21(3)34(29)19-30(4,5)31;1-18-10-22-21-6-4-5-7-25(21)33-27(22)28(35(18)16-29(2,3)17-36)26-23(31)11-20(12-24(26)32)37-9-8-34-14-19(13-30)15-34/h2*7-10,13-14,19,28,34H,6,11-12,15-18H2,1-5H3;8-13,15,21,23,29,32H,6-7,14,16-19H2,1-5H3;4-7,11-12,18-19,28,33,36H,8-10,13-17H2,1-3H3/t2*28-;21-,29-;18-,28-/m1011/s1. The van der Waals surface area contributed by atoms with Gasteiger partial charge in [0.05, 0.1) is 30.8 Å². The van der Waals surface area contributed by atoms with E-state index in [0.717, 1.165) is 155 Å². The fourth-order valence-electron chi connectivity index (χ4n) is 23.7. The highest BCUT2D eigenvalue weighted by Crippen LogP contribution is 2.53. The minimum atomic E-state index is -1.55. The summed E-state index contributed by atoms with van der Waals surface area (Å²) in [6.07, 6.45) is 8.03. The quantitative estimate of drug-likeness (QED) is 0.0249. The van der Waals surface area contributed by atoms with Gasteiger partial charge in [-0.25, -0.2) is 39.5 Å². The van der Waals surface area contributed by atoms with Crippen LogP contribution in [0.3, 0.4) is 0 Å². The number of unbranched alkanes of at least 4 members (excludes halogenated alkanes) is 1. The van der Waals surface area contributed by atoms with Gasteiger partial charge in [0.1, 0.15) is 101 Å². The average Bonchev–Trinajstić information content (AvgIpc) is 1.52. The van der Waals surface area contributed by atoms with Gasteiger partial charge in [-0.15, -0.1) is 0 Å². The van der Waals surface area contributed by atoms with E-state index in [1.165, 1.54) is 124 Å². The number of aliphatic hydroxyl groups excluding tert-OH is 1. The molecule has 4 saturated heterocycles. The van der Waals surface area contributed by atoms with Gasteiger partial charge >= 0.3 is 0 Å². The zero-order valence-electron chi connectivity index (χ0n) is 88.7. The molecular weight excluding hydrogens is 1870 g/mol. The molecule has 0 aliphatic carbocycles. The maximum Gasteiger partial charge on any atom is 0.135 e. The molecule has 0 spiro atoms. The number of halogens is 10. The minimum absolute atomic E-state index is 0.00179. The molecule has 6 atom stereocenters. The number of rotatable bonds is 33. The summed E-state index contributed by atoms with van der Waals surface area (Å²) < 4.78 is 176. The van der Waals surface area contributed by atoms with Crippen LogP contribution >= 0.6 is 0 Å². The van der Waals surface area contributed by atoms with Gasteiger partial charge in [0.25, 0.3) is 0 Å². The molecule has 8 aliphatic rings. The van der Waals surface area contributed by atoms with Crippen LogP contribution in [0, 0.1) is 65.0 Å².